The van der Waals surface area contributed by atoms with Crippen LogP contribution in [0.5, 0.6) is 5.75 Å². The second kappa shape index (κ2) is 9.67. The van der Waals surface area contributed by atoms with Crippen molar-refractivity contribution in [2.75, 3.05) is 4.90 Å². The minimum absolute atomic E-state index is 0.0862. The standard InChI is InChI=1S/C25H17Cl2FN2O4/c1-14-6-8-18(12-20(14)27)30-24(32)19(23(31)29-25(30)33)11-16-10-17(26)7-9-22(16)34-13-15-4-2-3-5-21(15)28/h2-12H,13H2,1H3,(H,29,31,33)/b19-11+. The lowest BCUT2D eigenvalue weighted by molar-refractivity contribution is -0.122. The molecule has 172 valence electrons. The molecule has 0 unspecified atom stereocenters. The van der Waals surface area contributed by atoms with Gasteiger partial charge in [0.05, 0.1) is 5.69 Å². The summed E-state index contributed by atoms with van der Waals surface area (Å²) in [6, 6.07) is 14.5. The number of nitrogens with zero attached hydrogens (tertiary/aromatic N) is 1. The first-order valence-electron chi connectivity index (χ1n) is 10.1. The molecule has 1 heterocycles. The van der Waals surface area contributed by atoms with E-state index in [4.69, 9.17) is 27.9 Å². The highest BCUT2D eigenvalue weighted by Gasteiger charge is 2.37. The maximum Gasteiger partial charge on any atom is 0.335 e. The Morgan fingerprint density at radius 2 is 1.79 bits per heavy atom. The van der Waals surface area contributed by atoms with E-state index in [1.165, 1.54) is 24.3 Å². The fourth-order valence-corrected chi connectivity index (χ4v) is 3.66. The number of ether oxygens (including phenoxy) is 1. The predicted octanol–water partition coefficient (Wildman–Crippen LogP) is 5.69. The molecule has 0 atom stereocenters. The van der Waals surface area contributed by atoms with Crippen LogP contribution in [0.15, 0.2) is 66.2 Å². The highest BCUT2D eigenvalue weighted by molar-refractivity contribution is 6.39. The molecule has 0 saturated carbocycles. The van der Waals surface area contributed by atoms with Crippen molar-refractivity contribution in [3.63, 3.8) is 0 Å². The summed E-state index contributed by atoms with van der Waals surface area (Å²) in [4.78, 5) is 39.0. The zero-order chi connectivity index (χ0) is 24.4. The van der Waals surface area contributed by atoms with Gasteiger partial charge in [0.25, 0.3) is 11.8 Å². The van der Waals surface area contributed by atoms with Gasteiger partial charge in [-0.25, -0.2) is 14.1 Å². The molecular formula is C25H17Cl2FN2O4. The molecule has 1 saturated heterocycles. The summed E-state index contributed by atoms with van der Waals surface area (Å²) in [6.45, 7) is 1.69. The van der Waals surface area contributed by atoms with E-state index in [-0.39, 0.29) is 23.6 Å². The minimum atomic E-state index is -0.894. The largest absolute Gasteiger partial charge is 0.488 e. The van der Waals surface area contributed by atoms with Gasteiger partial charge in [-0.2, -0.15) is 0 Å². The fraction of sp³-hybridized carbons (Fsp3) is 0.0800. The molecule has 4 amide bonds. The lowest BCUT2D eigenvalue weighted by Crippen LogP contribution is -2.54. The van der Waals surface area contributed by atoms with E-state index < -0.39 is 23.7 Å². The SMILES string of the molecule is Cc1ccc(N2C(=O)NC(=O)/C(=C\c3cc(Cl)ccc3OCc3ccccc3F)C2=O)cc1Cl. The van der Waals surface area contributed by atoms with E-state index in [1.54, 1.807) is 49.4 Å². The molecule has 9 heteroatoms. The average molecular weight is 499 g/mol. The number of hydrogen-bond acceptors (Lipinski definition) is 4. The second-order valence-electron chi connectivity index (χ2n) is 7.45. The van der Waals surface area contributed by atoms with Gasteiger partial charge in [-0.05, 0) is 55.0 Å². The first-order valence-corrected chi connectivity index (χ1v) is 10.8. The van der Waals surface area contributed by atoms with E-state index in [0.717, 1.165) is 10.5 Å². The number of barbiturate groups is 1. The highest BCUT2D eigenvalue weighted by atomic mass is 35.5. The number of amides is 4. The zero-order valence-electron chi connectivity index (χ0n) is 17.8. The summed E-state index contributed by atoms with van der Waals surface area (Å²) < 4.78 is 19.7. The third-order valence-electron chi connectivity index (χ3n) is 5.13. The molecule has 0 radical (unpaired) electrons. The van der Waals surface area contributed by atoms with Crippen LogP contribution in [0.2, 0.25) is 10.0 Å². The molecule has 0 bridgehead atoms. The number of carbonyl (C=O) groups is 3. The zero-order valence-corrected chi connectivity index (χ0v) is 19.3. The van der Waals surface area contributed by atoms with Gasteiger partial charge < -0.3 is 4.74 Å². The minimum Gasteiger partial charge on any atom is -0.488 e. The van der Waals surface area contributed by atoms with Gasteiger partial charge in [-0.3, -0.25) is 14.9 Å². The molecule has 3 aromatic carbocycles. The molecule has 4 rings (SSSR count). The lowest BCUT2D eigenvalue weighted by Gasteiger charge is -2.26. The Hall–Kier alpha value is -3.68. The number of rotatable bonds is 5. The number of halogens is 3. The van der Waals surface area contributed by atoms with Gasteiger partial charge in [-0.15, -0.1) is 0 Å². The van der Waals surface area contributed by atoms with E-state index in [2.05, 4.69) is 5.32 Å². The number of aryl methyl sites for hydroxylation is 1. The van der Waals surface area contributed by atoms with Crippen molar-refractivity contribution >= 4 is 52.8 Å². The van der Waals surface area contributed by atoms with Crippen LogP contribution in [0.25, 0.3) is 6.08 Å². The van der Waals surface area contributed by atoms with Gasteiger partial charge in [0, 0.05) is 21.2 Å². The maximum atomic E-state index is 14.0. The second-order valence-corrected chi connectivity index (χ2v) is 8.30. The van der Waals surface area contributed by atoms with Gasteiger partial charge in [0.15, 0.2) is 0 Å². The Morgan fingerprint density at radius 1 is 1.03 bits per heavy atom. The predicted molar refractivity (Wildman–Crippen MR) is 127 cm³/mol. The summed E-state index contributed by atoms with van der Waals surface area (Å²) in [5, 5.41) is 2.84. The third-order valence-corrected chi connectivity index (χ3v) is 5.77. The number of imide groups is 2. The molecule has 1 N–H and O–H groups in total. The number of hydrogen-bond donors (Lipinski definition) is 1. The summed E-state index contributed by atoms with van der Waals surface area (Å²) in [5.74, 6) is -1.87. The van der Waals surface area contributed by atoms with E-state index in [9.17, 15) is 18.8 Å². The highest BCUT2D eigenvalue weighted by Crippen LogP contribution is 2.30. The fourth-order valence-electron chi connectivity index (χ4n) is 3.30. The van der Waals surface area contributed by atoms with Crippen LogP contribution in [0.3, 0.4) is 0 Å². The van der Waals surface area contributed by atoms with Gasteiger partial charge in [0.1, 0.15) is 23.7 Å². The van der Waals surface area contributed by atoms with Crippen LogP contribution in [0.4, 0.5) is 14.9 Å². The van der Waals surface area contributed by atoms with Crippen molar-refractivity contribution in [1.82, 2.24) is 5.32 Å². The molecule has 0 aromatic heterocycles. The third kappa shape index (κ3) is 4.81. The molecule has 3 aromatic rings. The van der Waals surface area contributed by atoms with Gasteiger partial charge in [-0.1, -0.05) is 47.5 Å². The van der Waals surface area contributed by atoms with Gasteiger partial charge in [0.2, 0.25) is 0 Å². The quantitative estimate of drug-likeness (QED) is 0.362. The van der Waals surface area contributed by atoms with E-state index in [0.29, 0.717) is 21.2 Å². The number of benzene rings is 3. The molecule has 6 nitrogen and oxygen atoms in total. The molecule has 1 aliphatic rings. The topological polar surface area (TPSA) is 75.7 Å². The Bertz CT molecular complexity index is 1360. The Morgan fingerprint density at radius 3 is 2.53 bits per heavy atom. The van der Waals surface area contributed by atoms with E-state index in [1.807, 2.05) is 0 Å². The van der Waals surface area contributed by atoms with Crippen molar-refractivity contribution in [3.05, 3.63) is 98.8 Å². The maximum absolute atomic E-state index is 14.0. The smallest absolute Gasteiger partial charge is 0.335 e. The first-order chi connectivity index (χ1) is 16.2. The molecule has 1 fully saturated rings. The molecule has 0 aliphatic carbocycles. The Kier molecular flexibility index (Phi) is 6.68. The van der Waals surface area contributed by atoms with Gasteiger partial charge >= 0.3 is 6.03 Å². The van der Waals surface area contributed by atoms with Crippen molar-refractivity contribution in [3.8, 4) is 5.75 Å². The van der Waals surface area contributed by atoms with Crippen LogP contribution in [-0.4, -0.2) is 17.8 Å². The molecule has 1 aliphatic heterocycles. The van der Waals surface area contributed by atoms with E-state index >= 15 is 0 Å². The number of nitrogens with one attached hydrogen (secondary N) is 1. The van der Waals surface area contributed by atoms with Crippen LogP contribution < -0.4 is 15.0 Å². The Labute approximate surface area is 204 Å². The summed E-state index contributed by atoms with van der Waals surface area (Å²) in [5.41, 5.74) is 1.29. The molecular weight excluding hydrogens is 482 g/mol. The van der Waals surface area contributed by atoms with Crippen molar-refractivity contribution in [2.45, 2.75) is 13.5 Å². The average Bonchev–Trinajstić information content (AvgIpc) is 2.79. The van der Waals surface area contributed by atoms with Crippen LogP contribution >= 0.6 is 23.2 Å². The van der Waals surface area contributed by atoms with Crippen LogP contribution in [0.1, 0.15) is 16.7 Å². The van der Waals surface area contributed by atoms with Crippen LogP contribution in [0, 0.1) is 12.7 Å². The van der Waals surface area contributed by atoms with Crippen molar-refractivity contribution in [1.29, 1.82) is 0 Å². The number of carbonyl (C=O) groups excluding carboxylic acids is 3. The van der Waals surface area contributed by atoms with Crippen molar-refractivity contribution < 1.29 is 23.5 Å². The molecule has 34 heavy (non-hydrogen) atoms. The summed E-state index contributed by atoms with van der Waals surface area (Å²) in [7, 11) is 0. The first kappa shape index (κ1) is 23.5. The van der Waals surface area contributed by atoms with Crippen molar-refractivity contribution in [2.24, 2.45) is 0 Å². The Balaban J connectivity index is 1.69. The van der Waals surface area contributed by atoms with Crippen LogP contribution in [-0.2, 0) is 16.2 Å². The summed E-state index contributed by atoms with van der Waals surface area (Å²) >= 11 is 12.3. The monoisotopic (exact) mass is 498 g/mol. The molecule has 0 spiro atoms. The normalized spacial score (nSPS) is 15.0. The number of anilines is 1. The lowest BCUT2D eigenvalue weighted by atomic mass is 10.1. The summed E-state index contributed by atoms with van der Waals surface area (Å²) in [6.07, 6.45) is 1.27. The number of urea groups is 1.